The molecule has 0 aliphatic rings. The Bertz CT molecular complexity index is 535. The number of anilines is 1. The van der Waals surface area contributed by atoms with Crippen LogP contribution in [0.25, 0.3) is 11.0 Å². The van der Waals surface area contributed by atoms with Crippen molar-refractivity contribution < 1.29 is 5.11 Å². The summed E-state index contributed by atoms with van der Waals surface area (Å²) in [5.41, 5.74) is 7.42. The van der Waals surface area contributed by atoms with Gasteiger partial charge in [0, 0.05) is 6.20 Å². The maximum atomic E-state index is 10.3. The van der Waals surface area contributed by atoms with Gasteiger partial charge in [0.25, 0.3) is 0 Å². The van der Waals surface area contributed by atoms with Crippen LogP contribution >= 0.6 is 0 Å². The third-order valence-corrected chi connectivity index (χ3v) is 3.37. The van der Waals surface area contributed by atoms with Crippen LogP contribution in [-0.4, -0.2) is 25.7 Å². The standard InChI is InChI=1S/C13H20N4O/c1-4-9(12(18)8(2)3)17-7-16-11-10(17)5-6-15-13(11)14/h5-9,12,18H,4H2,1-3H3,(H2,14,15). The zero-order valence-corrected chi connectivity index (χ0v) is 11.0. The van der Waals surface area contributed by atoms with Crippen LogP contribution in [0.3, 0.4) is 0 Å². The van der Waals surface area contributed by atoms with Gasteiger partial charge >= 0.3 is 0 Å². The van der Waals surface area contributed by atoms with Crippen LogP contribution in [0, 0.1) is 5.92 Å². The first-order valence-corrected chi connectivity index (χ1v) is 6.31. The first-order chi connectivity index (χ1) is 8.56. The lowest BCUT2D eigenvalue weighted by atomic mass is 9.97. The summed E-state index contributed by atoms with van der Waals surface area (Å²) >= 11 is 0. The molecule has 2 aromatic rings. The molecule has 5 heteroatoms. The Morgan fingerprint density at radius 3 is 2.72 bits per heavy atom. The predicted octanol–water partition coefficient (Wildman–Crippen LogP) is 1.98. The van der Waals surface area contributed by atoms with Gasteiger partial charge < -0.3 is 15.4 Å². The van der Waals surface area contributed by atoms with Gasteiger partial charge in [-0.05, 0) is 18.4 Å². The van der Waals surface area contributed by atoms with Gasteiger partial charge in [-0.2, -0.15) is 0 Å². The number of aliphatic hydroxyl groups excluding tert-OH is 1. The molecular weight excluding hydrogens is 228 g/mol. The van der Waals surface area contributed by atoms with Crippen molar-refractivity contribution in [1.82, 2.24) is 14.5 Å². The van der Waals surface area contributed by atoms with E-state index in [-0.39, 0.29) is 12.0 Å². The highest BCUT2D eigenvalue weighted by Gasteiger charge is 2.23. The molecule has 0 radical (unpaired) electrons. The average Bonchev–Trinajstić information content (AvgIpc) is 2.75. The monoisotopic (exact) mass is 248 g/mol. The van der Waals surface area contributed by atoms with Crippen molar-refractivity contribution >= 4 is 16.9 Å². The molecular formula is C13H20N4O. The van der Waals surface area contributed by atoms with Crippen LogP contribution in [-0.2, 0) is 0 Å². The zero-order valence-electron chi connectivity index (χ0n) is 11.0. The van der Waals surface area contributed by atoms with Crippen molar-refractivity contribution in [3.05, 3.63) is 18.6 Å². The smallest absolute Gasteiger partial charge is 0.151 e. The third kappa shape index (κ3) is 2.06. The number of imidazole rings is 1. The number of nitrogens with zero attached hydrogens (tertiary/aromatic N) is 3. The summed E-state index contributed by atoms with van der Waals surface area (Å²) in [5.74, 6) is 0.631. The lowest BCUT2D eigenvalue weighted by molar-refractivity contribution is 0.0691. The molecule has 2 unspecified atom stereocenters. The van der Waals surface area contributed by atoms with E-state index in [2.05, 4.69) is 16.9 Å². The number of hydrogen-bond donors (Lipinski definition) is 2. The summed E-state index contributed by atoms with van der Waals surface area (Å²) in [6, 6.07) is 1.89. The number of aromatic nitrogens is 3. The highest BCUT2D eigenvalue weighted by molar-refractivity contribution is 5.84. The molecule has 0 aliphatic carbocycles. The minimum Gasteiger partial charge on any atom is -0.391 e. The normalized spacial score (nSPS) is 15.2. The Labute approximate surface area is 107 Å². The van der Waals surface area contributed by atoms with Crippen LogP contribution in [0.1, 0.15) is 33.2 Å². The third-order valence-electron chi connectivity index (χ3n) is 3.37. The molecule has 3 N–H and O–H groups in total. The van der Waals surface area contributed by atoms with Crippen molar-refractivity contribution in [3.8, 4) is 0 Å². The molecule has 0 saturated heterocycles. The van der Waals surface area contributed by atoms with Crippen LogP contribution in [0.2, 0.25) is 0 Å². The summed E-state index contributed by atoms with van der Waals surface area (Å²) in [5, 5.41) is 10.3. The highest BCUT2D eigenvalue weighted by Crippen LogP contribution is 2.27. The molecule has 0 aromatic carbocycles. The van der Waals surface area contributed by atoms with E-state index in [1.165, 1.54) is 0 Å². The first kappa shape index (κ1) is 12.8. The van der Waals surface area contributed by atoms with Gasteiger partial charge in [0.1, 0.15) is 5.52 Å². The lowest BCUT2D eigenvalue weighted by Gasteiger charge is -2.26. The van der Waals surface area contributed by atoms with Crippen LogP contribution in [0.15, 0.2) is 18.6 Å². The Kier molecular flexibility index (Phi) is 3.52. The fourth-order valence-corrected chi connectivity index (χ4v) is 2.29. The quantitative estimate of drug-likeness (QED) is 0.867. The maximum absolute atomic E-state index is 10.3. The molecule has 0 spiro atoms. The average molecular weight is 248 g/mol. The SMILES string of the molecule is CCC(C(O)C(C)C)n1cnc2c(N)nccc21. The summed E-state index contributed by atoms with van der Waals surface area (Å²) in [6.07, 6.45) is 3.85. The number of nitrogen functional groups attached to an aromatic ring is 1. The van der Waals surface area contributed by atoms with E-state index in [0.29, 0.717) is 11.3 Å². The Morgan fingerprint density at radius 1 is 1.39 bits per heavy atom. The molecule has 0 fully saturated rings. The largest absolute Gasteiger partial charge is 0.391 e. The molecule has 2 heterocycles. The van der Waals surface area contributed by atoms with Gasteiger partial charge in [0.05, 0.1) is 24.0 Å². The van der Waals surface area contributed by atoms with Crippen molar-refractivity contribution in [2.75, 3.05) is 5.73 Å². The predicted molar refractivity (Wildman–Crippen MR) is 72.1 cm³/mol. The number of rotatable bonds is 4. The second-order valence-electron chi connectivity index (χ2n) is 4.93. The Morgan fingerprint density at radius 2 is 2.11 bits per heavy atom. The molecule has 0 bridgehead atoms. The summed E-state index contributed by atoms with van der Waals surface area (Å²) in [7, 11) is 0. The summed E-state index contributed by atoms with van der Waals surface area (Å²) in [4.78, 5) is 8.32. The van der Waals surface area contributed by atoms with Gasteiger partial charge in [0.2, 0.25) is 0 Å². The lowest BCUT2D eigenvalue weighted by Crippen LogP contribution is -2.28. The summed E-state index contributed by atoms with van der Waals surface area (Å²) in [6.45, 7) is 6.09. The van der Waals surface area contributed by atoms with Crippen molar-refractivity contribution in [2.24, 2.45) is 5.92 Å². The maximum Gasteiger partial charge on any atom is 0.151 e. The number of hydrogen-bond acceptors (Lipinski definition) is 4. The zero-order chi connectivity index (χ0) is 13.3. The number of aliphatic hydroxyl groups is 1. The second kappa shape index (κ2) is 4.94. The number of fused-ring (bicyclic) bond motifs is 1. The molecule has 2 atom stereocenters. The number of nitrogens with two attached hydrogens (primary N) is 1. The van der Waals surface area contributed by atoms with Gasteiger partial charge in [-0.25, -0.2) is 9.97 Å². The van der Waals surface area contributed by atoms with E-state index in [4.69, 9.17) is 5.73 Å². The molecule has 0 amide bonds. The van der Waals surface area contributed by atoms with Gasteiger partial charge in [-0.3, -0.25) is 0 Å². The van der Waals surface area contributed by atoms with E-state index >= 15 is 0 Å². The molecule has 5 nitrogen and oxygen atoms in total. The Balaban J connectivity index is 2.49. The molecule has 0 saturated carbocycles. The molecule has 2 rings (SSSR count). The minimum atomic E-state index is -0.401. The van der Waals surface area contributed by atoms with Crippen molar-refractivity contribution in [1.29, 1.82) is 0 Å². The topological polar surface area (TPSA) is 77.0 Å². The molecule has 98 valence electrons. The highest BCUT2D eigenvalue weighted by atomic mass is 16.3. The number of pyridine rings is 1. The van der Waals surface area contributed by atoms with Crippen LogP contribution in [0.5, 0.6) is 0 Å². The van der Waals surface area contributed by atoms with Crippen molar-refractivity contribution in [2.45, 2.75) is 39.3 Å². The fraction of sp³-hybridized carbons (Fsp3) is 0.538. The molecule has 18 heavy (non-hydrogen) atoms. The first-order valence-electron chi connectivity index (χ1n) is 6.31. The molecule has 0 aliphatic heterocycles. The summed E-state index contributed by atoms with van der Waals surface area (Å²) < 4.78 is 2.00. The van der Waals surface area contributed by atoms with Gasteiger partial charge in [0.15, 0.2) is 5.82 Å². The van der Waals surface area contributed by atoms with Crippen molar-refractivity contribution in [3.63, 3.8) is 0 Å². The van der Waals surface area contributed by atoms with Crippen LogP contribution < -0.4 is 5.73 Å². The van der Waals surface area contributed by atoms with E-state index in [9.17, 15) is 5.11 Å². The fourth-order valence-electron chi connectivity index (χ4n) is 2.29. The van der Waals surface area contributed by atoms with Gasteiger partial charge in [-0.15, -0.1) is 0 Å². The van der Waals surface area contributed by atoms with E-state index < -0.39 is 6.10 Å². The van der Waals surface area contributed by atoms with Gasteiger partial charge in [-0.1, -0.05) is 20.8 Å². The van der Waals surface area contributed by atoms with Crippen LogP contribution in [0.4, 0.5) is 5.82 Å². The molecule has 2 aromatic heterocycles. The Hall–Kier alpha value is -1.62. The second-order valence-corrected chi connectivity index (χ2v) is 4.93. The van der Waals surface area contributed by atoms with E-state index in [1.807, 2.05) is 24.5 Å². The van der Waals surface area contributed by atoms with E-state index in [0.717, 1.165) is 11.9 Å². The van der Waals surface area contributed by atoms with E-state index in [1.54, 1.807) is 12.5 Å². The minimum absolute atomic E-state index is 0.0109.